The van der Waals surface area contributed by atoms with E-state index in [0.717, 1.165) is 54.0 Å². The van der Waals surface area contributed by atoms with E-state index in [1.807, 2.05) is 13.0 Å². The van der Waals surface area contributed by atoms with Crippen molar-refractivity contribution in [3.05, 3.63) is 71.1 Å². The number of morpholine rings is 1. The lowest BCUT2D eigenvalue weighted by Crippen LogP contribution is -2.36. The maximum absolute atomic E-state index is 14.9. The average Bonchev–Trinajstić information content (AvgIpc) is 3.64. The van der Waals surface area contributed by atoms with Gasteiger partial charge in [-0.1, -0.05) is 6.92 Å². The molecular weight excluding hydrogens is 443 g/mol. The van der Waals surface area contributed by atoms with E-state index in [9.17, 15) is 9.18 Å². The van der Waals surface area contributed by atoms with E-state index in [-0.39, 0.29) is 17.0 Å². The molecule has 35 heavy (non-hydrogen) atoms. The van der Waals surface area contributed by atoms with E-state index in [1.165, 1.54) is 6.07 Å². The van der Waals surface area contributed by atoms with Crippen LogP contribution < -0.4 is 10.2 Å². The molecule has 1 aliphatic heterocycles. The Morgan fingerprint density at radius 3 is 2.69 bits per heavy atom. The molecule has 0 spiro atoms. The average molecular weight is 471 g/mol. The Bertz CT molecular complexity index is 1340. The molecule has 1 saturated heterocycles. The van der Waals surface area contributed by atoms with E-state index in [0.29, 0.717) is 24.5 Å². The normalized spacial score (nSPS) is 16.5. The molecule has 5 rings (SSSR count). The third-order valence-electron chi connectivity index (χ3n) is 6.87. The second kappa shape index (κ2) is 9.12. The third kappa shape index (κ3) is 4.62. The molecule has 0 radical (unpaired) electrons. The maximum atomic E-state index is 14.9. The first-order valence-electron chi connectivity index (χ1n) is 11.8. The quantitative estimate of drug-likeness (QED) is 0.547. The summed E-state index contributed by atoms with van der Waals surface area (Å²) in [7, 11) is 0. The van der Waals surface area contributed by atoms with Crippen LogP contribution in [0.25, 0.3) is 11.1 Å². The lowest BCUT2D eigenvalue weighted by Gasteiger charge is -2.29. The molecule has 2 fully saturated rings. The van der Waals surface area contributed by atoms with Crippen LogP contribution in [0.5, 0.6) is 0 Å². The smallest absolute Gasteiger partial charge is 0.255 e. The van der Waals surface area contributed by atoms with Gasteiger partial charge in [0.1, 0.15) is 11.5 Å². The summed E-state index contributed by atoms with van der Waals surface area (Å²) in [6.07, 6.45) is 11.1. The number of pyridine rings is 2. The first-order valence-corrected chi connectivity index (χ1v) is 11.8. The van der Waals surface area contributed by atoms with Crippen molar-refractivity contribution in [1.29, 1.82) is 0 Å². The standard InChI is InChI=1S/C28H27FN4O2/c1-4-23-25(33-9-11-35-12-10-33)14-20(17-31-23)21-16-24(22(29)13-18(21)2)32-27(34)19-5-8-30-26(15-19)28(3)6-7-28/h1,5,8,13-17H,6-7,9-12H2,2-3H3,(H,32,34). The maximum Gasteiger partial charge on any atom is 0.255 e. The van der Waals surface area contributed by atoms with Crippen LogP contribution in [0.15, 0.2) is 42.7 Å². The summed E-state index contributed by atoms with van der Waals surface area (Å²) < 4.78 is 20.4. The van der Waals surface area contributed by atoms with Crippen LogP contribution in [0.1, 0.15) is 47.1 Å². The molecule has 2 aliphatic rings. The van der Waals surface area contributed by atoms with Gasteiger partial charge in [-0.2, -0.15) is 0 Å². The van der Waals surface area contributed by atoms with Crippen LogP contribution in [0.4, 0.5) is 15.8 Å². The highest BCUT2D eigenvalue weighted by molar-refractivity contribution is 6.04. The molecule has 7 heteroatoms. The Labute approximate surface area is 204 Å². The summed E-state index contributed by atoms with van der Waals surface area (Å²) >= 11 is 0. The minimum absolute atomic E-state index is 0.0360. The molecule has 0 unspecified atom stereocenters. The molecule has 1 saturated carbocycles. The van der Waals surface area contributed by atoms with Gasteiger partial charge in [-0.25, -0.2) is 9.37 Å². The largest absolute Gasteiger partial charge is 0.378 e. The fourth-order valence-electron chi connectivity index (χ4n) is 4.38. The number of terminal acetylenes is 1. The number of anilines is 2. The predicted molar refractivity (Wildman–Crippen MR) is 134 cm³/mol. The van der Waals surface area contributed by atoms with E-state index in [4.69, 9.17) is 11.2 Å². The highest BCUT2D eigenvalue weighted by Crippen LogP contribution is 2.46. The topological polar surface area (TPSA) is 67.4 Å². The molecule has 6 nitrogen and oxygen atoms in total. The van der Waals surface area contributed by atoms with E-state index in [2.05, 4.69) is 33.0 Å². The fraction of sp³-hybridized carbons (Fsp3) is 0.321. The Morgan fingerprint density at radius 1 is 1.20 bits per heavy atom. The molecule has 0 atom stereocenters. The fourth-order valence-corrected chi connectivity index (χ4v) is 4.38. The summed E-state index contributed by atoms with van der Waals surface area (Å²) in [6, 6.07) is 8.51. The lowest BCUT2D eigenvalue weighted by molar-refractivity contribution is 0.102. The molecule has 3 heterocycles. The van der Waals surface area contributed by atoms with E-state index in [1.54, 1.807) is 30.6 Å². The van der Waals surface area contributed by atoms with Crippen LogP contribution in [-0.4, -0.2) is 42.2 Å². The van der Waals surface area contributed by atoms with E-state index < -0.39 is 5.82 Å². The zero-order chi connectivity index (χ0) is 24.6. The van der Waals surface area contributed by atoms with Crippen molar-refractivity contribution in [2.75, 3.05) is 36.5 Å². The van der Waals surface area contributed by atoms with Gasteiger partial charge in [-0.15, -0.1) is 6.42 Å². The number of hydrogen-bond acceptors (Lipinski definition) is 5. The minimum atomic E-state index is -0.496. The lowest BCUT2D eigenvalue weighted by atomic mass is 9.99. The molecular formula is C28H27FN4O2. The summed E-state index contributed by atoms with van der Waals surface area (Å²) in [5.41, 5.74) is 5.21. The van der Waals surface area contributed by atoms with Crippen molar-refractivity contribution in [2.24, 2.45) is 0 Å². The number of nitrogens with one attached hydrogen (secondary N) is 1. The minimum Gasteiger partial charge on any atom is -0.378 e. The van der Waals surface area contributed by atoms with Gasteiger partial charge in [0.25, 0.3) is 5.91 Å². The van der Waals surface area contributed by atoms with E-state index >= 15 is 0 Å². The van der Waals surface area contributed by atoms with Crippen molar-refractivity contribution in [3.63, 3.8) is 0 Å². The monoisotopic (exact) mass is 470 g/mol. The molecule has 1 aromatic carbocycles. The summed E-state index contributed by atoms with van der Waals surface area (Å²) in [4.78, 5) is 24.0. The number of nitrogens with zero attached hydrogens (tertiary/aromatic N) is 3. The highest BCUT2D eigenvalue weighted by atomic mass is 19.1. The zero-order valence-corrected chi connectivity index (χ0v) is 19.9. The number of rotatable bonds is 5. The zero-order valence-electron chi connectivity index (χ0n) is 19.9. The molecule has 1 N–H and O–H groups in total. The van der Waals surface area contributed by atoms with Crippen molar-refractivity contribution in [3.8, 4) is 23.5 Å². The molecule has 2 aromatic heterocycles. The third-order valence-corrected chi connectivity index (χ3v) is 6.87. The molecule has 178 valence electrons. The van der Waals surface area contributed by atoms with Gasteiger partial charge in [0, 0.05) is 47.7 Å². The Balaban J connectivity index is 1.46. The van der Waals surface area contributed by atoms with Crippen molar-refractivity contribution < 1.29 is 13.9 Å². The van der Waals surface area contributed by atoms with Crippen molar-refractivity contribution in [1.82, 2.24) is 9.97 Å². The van der Waals surface area contributed by atoms with Gasteiger partial charge in [0.05, 0.1) is 24.6 Å². The molecule has 1 amide bonds. The number of benzene rings is 1. The Kier molecular flexibility index (Phi) is 6.00. The number of aryl methyl sites for hydroxylation is 1. The first kappa shape index (κ1) is 23.0. The van der Waals surface area contributed by atoms with Gasteiger partial charge in [-0.3, -0.25) is 9.78 Å². The number of carbonyl (C=O) groups excluding carboxylic acids is 1. The molecule has 3 aromatic rings. The number of halogens is 1. The molecule has 0 bridgehead atoms. The van der Waals surface area contributed by atoms with Crippen LogP contribution >= 0.6 is 0 Å². The van der Waals surface area contributed by atoms with Crippen LogP contribution in [0, 0.1) is 25.1 Å². The van der Waals surface area contributed by atoms with Crippen LogP contribution in [-0.2, 0) is 10.2 Å². The molecule has 1 aliphatic carbocycles. The second-order valence-electron chi connectivity index (χ2n) is 9.43. The number of ether oxygens (including phenoxy) is 1. The van der Waals surface area contributed by atoms with Gasteiger partial charge >= 0.3 is 0 Å². The summed E-state index contributed by atoms with van der Waals surface area (Å²) in [5.74, 6) is 1.79. The Hall–Kier alpha value is -3.76. The van der Waals surface area contributed by atoms with Crippen LogP contribution in [0.2, 0.25) is 0 Å². The predicted octanol–water partition coefficient (Wildman–Crippen LogP) is 4.71. The van der Waals surface area contributed by atoms with Gasteiger partial charge in [0.2, 0.25) is 0 Å². The van der Waals surface area contributed by atoms with Crippen molar-refractivity contribution in [2.45, 2.75) is 32.1 Å². The summed E-state index contributed by atoms with van der Waals surface area (Å²) in [6.45, 7) is 6.64. The number of hydrogen-bond donors (Lipinski definition) is 1. The second-order valence-corrected chi connectivity index (χ2v) is 9.43. The van der Waals surface area contributed by atoms with Gasteiger partial charge < -0.3 is 15.0 Å². The highest BCUT2D eigenvalue weighted by Gasteiger charge is 2.40. The van der Waals surface area contributed by atoms with Crippen molar-refractivity contribution >= 4 is 17.3 Å². The Morgan fingerprint density at radius 2 is 1.97 bits per heavy atom. The first-order chi connectivity index (χ1) is 16.9. The van der Waals surface area contributed by atoms with Gasteiger partial charge in [0.15, 0.2) is 0 Å². The number of amides is 1. The van der Waals surface area contributed by atoms with Gasteiger partial charge in [-0.05, 0) is 67.1 Å². The number of aromatic nitrogens is 2. The summed E-state index contributed by atoms with van der Waals surface area (Å²) in [5, 5.41) is 2.74. The number of carbonyl (C=O) groups is 1. The van der Waals surface area contributed by atoms with Crippen LogP contribution in [0.3, 0.4) is 0 Å². The SMILES string of the molecule is C#Cc1ncc(-c2cc(NC(=O)c3ccnc(C4(C)CC4)c3)c(F)cc2C)cc1N1CCOCC1.